The summed E-state index contributed by atoms with van der Waals surface area (Å²) in [5.41, 5.74) is -0.481. The number of carboxylic acid groups (broad SMARTS) is 1. The second kappa shape index (κ2) is 13.4. The molecule has 29 heavy (non-hydrogen) atoms. The summed E-state index contributed by atoms with van der Waals surface area (Å²) >= 11 is 0.293. The number of rotatable bonds is 5. The fourth-order valence-electron chi connectivity index (χ4n) is 1.98. The van der Waals surface area contributed by atoms with E-state index in [1.54, 1.807) is 20.8 Å². The van der Waals surface area contributed by atoms with E-state index in [2.05, 4.69) is 5.43 Å². The Morgan fingerprint density at radius 3 is 2.03 bits per heavy atom. The lowest BCUT2D eigenvalue weighted by molar-refractivity contribution is -0.139. The number of carbonyl (C=O) groups excluding carboxylic acids is 1. The Morgan fingerprint density at radius 1 is 1.14 bits per heavy atom. The number of carbonyl (C=O) groups is 2. The molecule has 0 heterocycles. The third kappa shape index (κ3) is 11.1. The summed E-state index contributed by atoms with van der Waals surface area (Å²) in [4.78, 5) is 22.9. The van der Waals surface area contributed by atoms with Crippen LogP contribution in [0.1, 0.15) is 70.0 Å². The van der Waals surface area contributed by atoms with E-state index in [1.165, 1.54) is 19.2 Å². The minimum absolute atomic E-state index is 0.251. The number of alkyl halides is 3. The molecule has 0 amide bonds. The van der Waals surface area contributed by atoms with Gasteiger partial charge in [-0.25, -0.2) is 15.0 Å². The van der Waals surface area contributed by atoms with Gasteiger partial charge in [-0.2, -0.15) is 17.6 Å². The molecule has 0 aliphatic rings. The zero-order chi connectivity index (χ0) is 23.4. The zero-order valence-electron chi connectivity index (χ0n) is 18.1. The highest BCUT2D eigenvalue weighted by Crippen LogP contribution is 2.36. The first-order valence-electron chi connectivity index (χ1n) is 9.13. The summed E-state index contributed by atoms with van der Waals surface area (Å²) in [7, 11) is 1.38. The van der Waals surface area contributed by atoms with Gasteiger partial charge in [0.25, 0.3) is 0 Å². The van der Waals surface area contributed by atoms with Crippen molar-refractivity contribution in [2.75, 3.05) is 7.05 Å². The number of hydrogen-bond donors (Lipinski definition) is 2. The molecule has 2 N–H and O–H groups in total. The summed E-state index contributed by atoms with van der Waals surface area (Å²) < 4.78 is 46.7. The van der Waals surface area contributed by atoms with E-state index in [-0.39, 0.29) is 12.1 Å². The van der Waals surface area contributed by atoms with Crippen LogP contribution in [0.15, 0.2) is 18.2 Å². The summed E-state index contributed by atoms with van der Waals surface area (Å²) in [6.45, 7) is 12.3. The number of esters is 1. The Bertz CT molecular complexity index is 647. The number of hydrogen-bond acceptors (Lipinski definition) is 6. The molecule has 1 aromatic carbocycles. The highest BCUT2D eigenvalue weighted by atomic mass is 32.2. The Morgan fingerprint density at radius 2 is 1.66 bits per heavy atom. The van der Waals surface area contributed by atoms with E-state index >= 15 is 0 Å². The Kier molecular flexibility index (Phi) is 13.6. The van der Waals surface area contributed by atoms with Gasteiger partial charge >= 0.3 is 17.4 Å². The first-order valence-corrected chi connectivity index (χ1v) is 9.90. The van der Waals surface area contributed by atoms with Crippen LogP contribution >= 0.6 is 11.9 Å². The van der Waals surface area contributed by atoms with Crippen molar-refractivity contribution in [3.63, 3.8) is 0 Å². The van der Waals surface area contributed by atoms with Crippen LogP contribution in [0.5, 0.6) is 0 Å². The van der Waals surface area contributed by atoms with Crippen molar-refractivity contribution in [3.05, 3.63) is 34.9 Å². The molecule has 0 aromatic heterocycles. The maximum atomic E-state index is 13.5. The van der Waals surface area contributed by atoms with Crippen LogP contribution in [0.2, 0.25) is 0 Å². The summed E-state index contributed by atoms with van der Waals surface area (Å²) in [5.74, 6) is -1.09. The number of halogens is 3. The van der Waals surface area contributed by atoms with Gasteiger partial charge in [0.1, 0.15) is 5.60 Å². The van der Waals surface area contributed by atoms with Crippen LogP contribution in [0.25, 0.3) is 0 Å². The van der Waals surface area contributed by atoms with E-state index in [0.717, 1.165) is 10.5 Å². The second-order valence-corrected chi connectivity index (χ2v) is 6.93. The average molecular weight is 441 g/mol. The van der Waals surface area contributed by atoms with E-state index < -0.39 is 34.2 Å². The summed E-state index contributed by atoms with van der Waals surface area (Å²) in [5, 5.41) is 7.49. The van der Waals surface area contributed by atoms with Crippen LogP contribution < -0.4 is 5.43 Å². The number of nitrogens with one attached hydrogen (secondary N) is 1. The van der Waals surface area contributed by atoms with Gasteiger partial charge in [-0.05, 0) is 39.4 Å². The Labute approximate surface area is 174 Å². The molecule has 1 rings (SSSR count). The van der Waals surface area contributed by atoms with Gasteiger partial charge in [0, 0.05) is 0 Å². The molecule has 0 saturated carbocycles. The molecule has 0 aliphatic heterocycles. The molecule has 0 spiro atoms. The molecule has 0 unspecified atom stereocenters. The Balaban J connectivity index is 0. The fourth-order valence-corrected chi connectivity index (χ4v) is 2.46. The maximum absolute atomic E-state index is 13.5. The van der Waals surface area contributed by atoms with Crippen molar-refractivity contribution in [1.29, 1.82) is 0 Å². The number of benzene rings is 1. The molecule has 0 aliphatic carbocycles. The molecule has 0 fully saturated rings. The molecule has 168 valence electrons. The quantitative estimate of drug-likeness (QED) is 0.331. The lowest BCUT2D eigenvalue weighted by Gasteiger charge is -2.24. The standard InChI is InChI=1S/C15H19F3N2O4S.2C2H6/c1-14(2,3)24-12(21)10-7-5-6-9(11(10)15(16,17)18)8-20(19-4)25-13(22)23;2*1-2/h5-7,19H,8H2,1-4H3,(H,22,23);2*1-2H3. The normalized spacial score (nSPS) is 11.0. The Hall–Kier alpha value is -1.78. The molecule has 6 nitrogen and oxygen atoms in total. The highest BCUT2D eigenvalue weighted by Gasteiger charge is 2.39. The van der Waals surface area contributed by atoms with Gasteiger partial charge in [0.15, 0.2) is 0 Å². The predicted molar refractivity (Wildman–Crippen MR) is 110 cm³/mol. The first-order chi connectivity index (χ1) is 13.3. The van der Waals surface area contributed by atoms with Crippen LogP contribution in [0, 0.1) is 0 Å². The summed E-state index contributed by atoms with van der Waals surface area (Å²) in [6, 6.07) is 3.51. The highest BCUT2D eigenvalue weighted by molar-refractivity contribution is 8.11. The fraction of sp³-hybridized carbons (Fsp3) is 0.579. The van der Waals surface area contributed by atoms with Gasteiger partial charge in [0.05, 0.1) is 29.6 Å². The molecular weight excluding hydrogens is 409 g/mol. The van der Waals surface area contributed by atoms with Crippen LogP contribution in [0.3, 0.4) is 0 Å². The van der Waals surface area contributed by atoms with Gasteiger partial charge in [-0.1, -0.05) is 39.8 Å². The predicted octanol–water partition coefficient (Wildman–Crippen LogP) is 5.98. The van der Waals surface area contributed by atoms with Crippen molar-refractivity contribution in [2.24, 2.45) is 0 Å². The average Bonchev–Trinajstić information content (AvgIpc) is 2.61. The van der Waals surface area contributed by atoms with Crippen molar-refractivity contribution in [2.45, 2.75) is 66.8 Å². The van der Waals surface area contributed by atoms with E-state index in [4.69, 9.17) is 9.84 Å². The monoisotopic (exact) mass is 440 g/mol. The van der Waals surface area contributed by atoms with Crippen molar-refractivity contribution < 1.29 is 32.6 Å². The third-order valence-electron chi connectivity index (χ3n) is 2.80. The number of nitrogens with zero attached hydrogens (tertiary/aromatic N) is 1. The van der Waals surface area contributed by atoms with Crippen molar-refractivity contribution in [3.8, 4) is 0 Å². The zero-order valence-corrected chi connectivity index (χ0v) is 18.9. The minimum Gasteiger partial charge on any atom is -0.472 e. The first kappa shape index (κ1) is 29.4. The maximum Gasteiger partial charge on any atom is 0.417 e. The lowest BCUT2D eigenvalue weighted by atomic mass is 10.00. The molecule has 0 bridgehead atoms. The number of ether oxygens (including phenoxy) is 1. The smallest absolute Gasteiger partial charge is 0.417 e. The molecular formula is C19H31F3N2O4S. The van der Waals surface area contributed by atoms with Gasteiger partial charge in [-0.15, -0.1) is 0 Å². The molecule has 0 radical (unpaired) electrons. The summed E-state index contributed by atoms with van der Waals surface area (Å²) in [6.07, 6.45) is -4.81. The number of hydrazine groups is 1. The van der Waals surface area contributed by atoms with Crippen LogP contribution in [-0.2, 0) is 17.5 Å². The van der Waals surface area contributed by atoms with E-state index in [9.17, 15) is 22.8 Å². The second-order valence-electron chi connectivity index (χ2n) is 5.96. The molecule has 10 heteroatoms. The van der Waals surface area contributed by atoms with E-state index in [0.29, 0.717) is 11.9 Å². The molecule has 1 aromatic rings. The topological polar surface area (TPSA) is 78.9 Å². The van der Waals surface area contributed by atoms with Crippen LogP contribution in [-0.4, -0.2) is 33.4 Å². The minimum atomic E-state index is -4.81. The van der Waals surface area contributed by atoms with Gasteiger partial charge in [-0.3, -0.25) is 0 Å². The van der Waals surface area contributed by atoms with Crippen molar-refractivity contribution >= 4 is 23.2 Å². The van der Waals surface area contributed by atoms with Gasteiger partial charge in [0.2, 0.25) is 0 Å². The van der Waals surface area contributed by atoms with Crippen molar-refractivity contribution in [1.82, 2.24) is 9.84 Å². The SMILES string of the molecule is CC.CC.CNN(Cc1cccc(C(=O)OC(C)(C)C)c1C(F)(F)F)SC(=O)O. The molecule has 0 atom stereocenters. The molecule has 0 saturated heterocycles. The largest absolute Gasteiger partial charge is 0.472 e. The van der Waals surface area contributed by atoms with E-state index in [1.807, 2.05) is 27.7 Å². The lowest BCUT2D eigenvalue weighted by Crippen LogP contribution is -2.31. The van der Waals surface area contributed by atoms with Gasteiger partial charge < -0.3 is 9.84 Å². The third-order valence-corrected chi connectivity index (χ3v) is 3.49. The van der Waals surface area contributed by atoms with Crippen LogP contribution in [0.4, 0.5) is 18.0 Å².